The van der Waals surface area contributed by atoms with Gasteiger partial charge in [-0.25, -0.2) is 9.78 Å². The van der Waals surface area contributed by atoms with E-state index in [0.29, 0.717) is 18.8 Å². The molecule has 1 heterocycles. The van der Waals surface area contributed by atoms with Crippen LogP contribution in [0.5, 0.6) is 5.75 Å². The number of carbonyl (C=O) groups is 2. The predicted octanol–water partition coefficient (Wildman–Crippen LogP) is 4.57. The maximum absolute atomic E-state index is 12.8. The highest BCUT2D eigenvalue weighted by Gasteiger charge is 2.28. The fourth-order valence-electron chi connectivity index (χ4n) is 3.98. The molecule has 1 aromatic heterocycles. The fraction of sp³-hybridized carbons (Fsp3) is 0.346. The summed E-state index contributed by atoms with van der Waals surface area (Å²) in [6, 6.07) is 17.1. The van der Waals surface area contributed by atoms with Gasteiger partial charge in [-0.05, 0) is 37.5 Å². The molecule has 3 N–H and O–H groups in total. The lowest BCUT2D eigenvalue weighted by Crippen LogP contribution is -2.55. The highest BCUT2D eigenvalue weighted by atomic mass is 32.1. The molecule has 2 atom stereocenters. The number of aromatic nitrogens is 1. The Balaban J connectivity index is 1.27. The number of carbonyl (C=O) groups excluding carboxylic acids is 2. The van der Waals surface area contributed by atoms with E-state index >= 15 is 0 Å². The van der Waals surface area contributed by atoms with Crippen molar-refractivity contribution in [3.8, 4) is 5.75 Å². The van der Waals surface area contributed by atoms with Crippen LogP contribution < -0.4 is 20.7 Å². The number of hydrogen-bond acceptors (Lipinski definition) is 5. The lowest BCUT2D eigenvalue weighted by atomic mass is 9.90. The second-order valence-corrected chi connectivity index (χ2v) is 9.45. The van der Waals surface area contributed by atoms with Gasteiger partial charge >= 0.3 is 6.03 Å². The topological polar surface area (TPSA) is 92.3 Å². The van der Waals surface area contributed by atoms with E-state index in [1.54, 1.807) is 5.38 Å². The lowest BCUT2D eigenvalue weighted by molar-refractivity contribution is 0.0911. The van der Waals surface area contributed by atoms with Crippen molar-refractivity contribution in [1.82, 2.24) is 20.9 Å². The molecule has 4 rings (SSSR count). The molecule has 34 heavy (non-hydrogen) atoms. The SMILES string of the molecule is Cc1ccc(OCc2nc(C(=O)N[C@H]3CCCC[C@H]3NC(=O)NCc3ccccc3)cs2)cc1. The molecule has 0 aliphatic heterocycles. The number of urea groups is 1. The van der Waals surface area contributed by atoms with Gasteiger partial charge in [-0.1, -0.05) is 60.9 Å². The van der Waals surface area contributed by atoms with E-state index in [-0.39, 0.29) is 24.0 Å². The van der Waals surface area contributed by atoms with Crippen LogP contribution in [0.15, 0.2) is 60.0 Å². The fourth-order valence-corrected chi connectivity index (χ4v) is 4.66. The van der Waals surface area contributed by atoms with Crippen LogP contribution in [0.2, 0.25) is 0 Å². The summed E-state index contributed by atoms with van der Waals surface area (Å²) < 4.78 is 5.77. The quantitative estimate of drug-likeness (QED) is 0.442. The average Bonchev–Trinajstić information content (AvgIpc) is 3.34. The van der Waals surface area contributed by atoms with Gasteiger partial charge in [-0.2, -0.15) is 0 Å². The number of benzene rings is 2. The average molecular weight is 479 g/mol. The van der Waals surface area contributed by atoms with Crippen molar-refractivity contribution in [3.05, 3.63) is 81.8 Å². The van der Waals surface area contributed by atoms with Crippen molar-refractivity contribution < 1.29 is 14.3 Å². The van der Waals surface area contributed by atoms with E-state index in [1.807, 2.05) is 61.5 Å². The number of rotatable bonds is 8. The minimum atomic E-state index is -0.223. The summed E-state index contributed by atoms with van der Waals surface area (Å²) in [4.78, 5) is 29.7. The van der Waals surface area contributed by atoms with Crippen molar-refractivity contribution in [2.75, 3.05) is 0 Å². The van der Waals surface area contributed by atoms with Crippen LogP contribution in [-0.2, 0) is 13.2 Å². The van der Waals surface area contributed by atoms with Gasteiger partial charge in [0.05, 0.1) is 6.04 Å². The van der Waals surface area contributed by atoms with Crippen molar-refractivity contribution in [2.24, 2.45) is 0 Å². The van der Waals surface area contributed by atoms with Crippen molar-refractivity contribution >= 4 is 23.3 Å². The number of amides is 3. The summed E-state index contributed by atoms with van der Waals surface area (Å²) in [5, 5.41) is 11.5. The summed E-state index contributed by atoms with van der Waals surface area (Å²) in [5.74, 6) is 0.551. The molecule has 1 aliphatic rings. The van der Waals surface area contributed by atoms with E-state index in [2.05, 4.69) is 20.9 Å². The summed E-state index contributed by atoms with van der Waals surface area (Å²) >= 11 is 1.40. The standard InChI is InChI=1S/C26H30N4O3S/c1-18-11-13-20(14-12-18)33-16-24-28-23(17-34-24)25(31)29-21-9-5-6-10-22(21)30-26(32)27-15-19-7-3-2-4-8-19/h2-4,7-8,11-14,17,21-22H,5-6,9-10,15-16H2,1H3,(H,29,31)(H2,27,30,32)/t21-,22+/m0/s1. The Kier molecular flexibility index (Phi) is 8.14. The second kappa shape index (κ2) is 11.7. The van der Waals surface area contributed by atoms with Gasteiger partial charge in [0, 0.05) is 18.0 Å². The molecule has 0 saturated heterocycles. The maximum Gasteiger partial charge on any atom is 0.315 e. The molecule has 2 aromatic carbocycles. The second-order valence-electron chi connectivity index (χ2n) is 8.51. The molecule has 8 heteroatoms. The zero-order chi connectivity index (χ0) is 23.8. The molecular formula is C26H30N4O3S. The summed E-state index contributed by atoms with van der Waals surface area (Å²) in [5.41, 5.74) is 2.59. The first-order valence-electron chi connectivity index (χ1n) is 11.6. The van der Waals surface area contributed by atoms with E-state index in [9.17, 15) is 9.59 Å². The lowest BCUT2D eigenvalue weighted by Gasteiger charge is -2.32. The van der Waals surface area contributed by atoms with Crippen LogP contribution in [0, 0.1) is 6.92 Å². The first kappa shape index (κ1) is 23.8. The Hall–Kier alpha value is -3.39. The van der Waals surface area contributed by atoms with Gasteiger partial charge in [-0.15, -0.1) is 11.3 Å². The molecule has 3 aromatic rings. The number of nitrogens with zero attached hydrogens (tertiary/aromatic N) is 1. The zero-order valence-corrected chi connectivity index (χ0v) is 20.1. The van der Waals surface area contributed by atoms with Crippen LogP contribution in [0.3, 0.4) is 0 Å². The van der Waals surface area contributed by atoms with Crippen LogP contribution in [-0.4, -0.2) is 29.0 Å². The molecule has 0 bridgehead atoms. The zero-order valence-electron chi connectivity index (χ0n) is 19.3. The molecule has 7 nitrogen and oxygen atoms in total. The molecule has 1 fully saturated rings. The molecule has 3 amide bonds. The first-order valence-corrected chi connectivity index (χ1v) is 12.5. The molecule has 0 radical (unpaired) electrons. The summed E-state index contributed by atoms with van der Waals surface area (Å²) in [6.07, 6.45) is 3.69. The van der Waals surface area contributed by atoms with Gasteiger partial charge in [0.1, 0.15) is 23.1 Å². The largest absolute Gasteiger partial charge is 0.486 e. The Morgan fingerprint density at radius 2 is 1.71 bits per heavy atom. The van der Waals surface area contributed by atoms with E-state index in [4.69, 9.17) is 4.74 Å². The van der Waals surface area contributed by atoms with Gasteiger partial charge < -0.3 is 20.7 Å². The van der Waals surface area contributed by atoms with E-state index < -0.39 is 0 Å². The van der Waals surface area contributed by atoms with Gasteiger partial charge in [0.2, 0.25) is 0 Å². The molecule has 0 spiro atoms. The van der Waals surface area contributed by atoms with Crippen molar-refractivity contribution in [2.45, 2.75) is 57.8 Å². The number of aryl methyl sites for hydroxylation is 1. The Morgan fingerprint density at radius 1 is 1.00 bits per heavy atom. The monoisotopic (exact) mass is 478 g/mol. The van der Waals surface area contributed by atoms with Crippen LogP contribution in [0.25, 0.3) is 0 Å². The van der Waals surface area contributed by atoms with Crippen molar-refractivity contribution in [3.63, 3.8) is 0 Å². The van der Waals surface area contributed by atoms with E-state index in [0.717, 1.165) is 42.0 Å². The molecule has 1 saturated carbocycles. The van der Waals surface area contributed by atoms with Crippen LogP contribution in [0.4, 0.5) is 4.79 Å². The number of ether oxygens (including phenoxy) is 1. The summed E-state index contributed by atoms with van der Waals surface area (Å²) in [7, 11) is 0. The van der Waals surface area contributed by atoms with Crippen LogP contribution in [0.1, 0.15) is 52.3 Å². The molecular weight excluding hydrogens is 448 g/mol. The van der Waals surface area contributed by atoms with Gasteiger partial charge in [0.25, 0.3) is 5.91 Å². The third-order valence-electron chi connectivity index (χ3n) is 5.86. The first-order chi connectivity index (χ1) is 16.6. The van der Waals surface area contributed by atoms with Crippen LogP contribution >= 0.6 is 11.3 Å². The Morgan fingerprint density at radius 3 is 2.44 bits per heavy atom. The molecule has 1 aliphatic carbocycles. The van der Waals surface area contributed by atoms with Gasteiger partial charge in [-0.3, -0.25) is 4.79 Å². The number of hydrogen-bond donors (Lipinski definition) is 3. The molecule has 178 valence electrons. The summed E-state index contributed by atoms with van der Waals surface area (Å²) in [6.45, 7) is 2.80. The highest BCUT2D eigenvalue weighted by Crippen LogP contribution is 2.20. The molecule has 0 unspecified atom stereocenters. The van der Waals surface area contributed by atoms with E-state index in [1.165, 1.54) is 16.9 Å². The number of nitrogens with one attached hydrogen (secondary N) is 3. The normalized spacial score (nSPS) is 17.6. The predicted molar refractivity (Wildman–Crippen MR) is 133 cm³/mol. The number of thiazole rings is 1. The Labute approximate surface area is 204 Å². The van der Waals surface area contributed by atoms with Gasteiger partial charge in [0.15, 0.2) is 0 Å². The third kappa shape index (κ3) is 6.81. The highest BCUT2D eigenvalue weighted by molar-refractivity contribution is 7.09. The minimum Gasteiger partial charge on any atom is -0.486 e. The maximum atomic E-state index is 12.8. The Bertz CT molecular complexity index is 1080. The minimum absolute atomic E-state index is 0.114. The third-order valence-corrected chi connectivity index (χ3v) is 6.68. The smallest absolute Gasteiger partial charge is 0.315 e. The van der Waals surface area contributed by atoms with Crippen molar-refractivity contribution in [1.29, 1.82) is 0 Å².